The Morgan fingerprint density at radius 1 is 1.43 bits per heavy atom. The fourth-order valence-electron chi connectivity index (χ4n) is 1.83. The lowest BCUT2D eigenvalue weighted by atomic mass is 10.1. The molecule has 0 aliphatic heterocycles. The molecule has 5 heteroatoms. The first-order valence-electron chi connectivity index (χ1n) is 6.64. The van der Waals surface area contributed by atoms with Crippen molar-refractivity contribution in [1.29, 1.82) is 0 Å². The quantitative estimate of drug-likeness (QED) is 0.852. The van der Waals surface area contributed by atoms with E-state index < -0.39 is 0 Å². The van der Waals surface area contributed by atoms with Gasteiger partial charge in [-0.25, -0.2) is 4.98 Å². The summed E-state index contributed by atoms with van der Waals surface area (Å²) in [5.41, 5.74) is 1.35. The minimum atomic E-state index is -0.172. The van der Waals surface area contributed by atoms with Gasteiger partial charge in [-0.05, 0) is 30.7 Å². The molecule has 0 fully saturated rings. The van der Waals surface area contributed by atoms with Crippen LogP contribution in [0.15, 0.2) is 35.8 Å². The Balaban J connectivity index is 2.06. The van der Waals surface area contributed by atoms with E-state index in [2.05, 4.69) is 22.1 Å². The van der Waals surface area contributed by atoms with E-state index in [1.165, 1.54) is 11.3 Å². The molecule has 0 spiro atoms. The number of amides is 1. The fraction of sp³-hybridized carbons (Fsp3) is 0.250. The van der Waals surface area contributed by atoms with Gasteiger partial charge >= 0.3 is 0 Å². The van der Waals surface area contributed by atoms with Crippen molar-refractivity contribution in [3.05, 3.63) is 52.0 Å². The zero-order valence-electron chi connectivity index (χ0n) is 11.7. The summed E-state index contributed by atoms with van der Waals surface area (Å²) in [7, 11) is 0. The largest absolute Gasteiger partial charge is 0.384 e. The molecule has 0 radical (unpaired) electrons. The number of carbonyl (C=O) groups excluding carboxylic acids is 1. The summed E-state index contributed by atoms with van der Waals surface area (Å²) in [6.45, 7) is 1.84. The van der Waals surface area contributed by atoms with Gasteiger partial charge in [0.05, 0.1) is 6.04 Å². The normalized spacial score (nSPS) is 11.3. The predicted molar refractivity (Wildman–Crippen MR) is 83.0 cm³/mol. The van der Waals surface area contributed by atoms with Gasteiger partial charge in [-0.3, -0.25) is 4.79 Å². The molecule has 1 amide bonds. The van der Waals surface area contributed by atoms with Crippen LogP contribution in [0.4, 0.5) is 0 Å². The molecule has 2 N–H and O–H groups in total. The Morgan fingerprint density at radius 3 is 2.76 bits per heavy atom. The van der Waals surface area contributed by atoms with E-state index >= 15 is 0 Å². The highest BCUT2D eigenvalue weighted by Crippen LogP contribution is 2.19. The molecule has 0 saturated carbocycles. The summed E-state index contributed by atoms with van der Waals surface area (Å²) >= 11 is 1.54. The van der Waals surface area contributed by atoms with E-state index in [9.17, 15) is 4.79 Å². The maximum absolute atomic E-state index is 12.2. The van der Waals surface area contributed by atoms with Crippen molar-refractivity contribution in [2.75, 3.05) is 6.61 Å². The molecule has 1 atom stereocenters. The number of hydrogen-bond acceptors (Lipinski definition) is 4. The van der Waals surface area contributed by atoms with Crippen LogP contribution >= 0.6 is 11.3 Å². The van der Waals surface area contributed by atoms with Gasteiger partial charge in [0.15, 0.2) is 0 Å². The number of aliphatic hydroxyl groups is 1. The second-order valence-corrected chi connectivity index (χ2v) is 5.27. The number of carbonyl (C=O) groups is 1. The third kappa shape index (κ3) is 4.15. The first kappa shape index (κ1) is 15.2. The highest BCUT2D eigenvalue weighted by molar-refractivity contribution is 7.09. The monoisotopic (exact) mass is 300 g/mol. The summed E-state index contributed by atoms with van der Waals surface area (Å²) in [6, 6.07) is 6.92. The van der Waals surface area contributed by atoms with Crippen LogP contribution in [0.3, 0.4) is 0 Å². The lowest BCUT2D eigenvalue weighted by Gasteiger charge is -2.14. The van der Waals surface area contributed by atoms with Gasteiger partial charge in [0.2, 0.25) is 0 Å². The fourth-order valence-corrected chi connectivity index (χ4v) is 2.61. The topological polar surface area (TPSA) is 62.2 Å². The maximum atomic E-state index is 12.2. The van der Waals surface area contributed by atoms with Crippen LogP contribution in [0, 0.1) is 11.8 Å². The van der Waals surface area contributed by atoms with Crippen molar-refractivity contribution in [3.63, 3.8) is 0 Å². The number of nitrogens with one attached hydrogen (secondary N) is 1. The molecule has 2 aromatic rings. The molecule has 2 rings (SSSR count). The molecule has 4 nitrogen and oxygen atoms in total. The van der Waals surface area contributed by atoms with E-state index in [-0.39, 0.29) is 18.6 Å². The second kappa shape index (κ2) is 7.58. The number of thiazole rings is 1. The van der Waals surface area contributed by atoms with Crippen molar-refractivity contribution in [1.82, 2.24) is 10.3 Å². The lowest BCUT2D eigenvalue weighted by molar-refractivity contribution is 0.0935. The van der Waals surface area contributed by atoms with E-state index in [4.69, 9.17) is 5.11 Å². The van der Waals surface area contributed by atoms with Crippen molar-refractivity contribution < 1.29 is 9.90 Å². The van der Waals surface area contributed by atoms with Gasteiger partial charge in [0.1, 0.15) is 11.6 Å². The molecule has 21 heavy (non-hydrogen) atoms. The average molecular weight is 300 g/mol. The van der Waals surface area contributed by atoms with Gasteiger partial charge in [0.25, 0.3) is 5.91 Å². The van der Waals surface area contributed by atoms with E-state index in [0.29, 0.717) is 5.56 Å². The molecule has 1 aromatic carbocycles. The van der Waals surface area contributed by atoms with Gasteiger partial charge in [-0.1, -0.05) is 18.8 Å². The molecule has 0 bridgehead atoms. The van der Waals surface area contributed by atoms with Crippen molar-refractivity contribution >= 4 is 17.2 Å². The van der Waals surface area contributed by atoms with Crippen LogP contribution < -0.4 is 5.32 Å². The summed E-state index contributed by atoms with van der Waals surface area (Å²) < 4.78 is 0. The molecule has 1 unspecified atom stereocenters. The van der Waals surface area contributed by atoms with Crippen LogP contribution in [-0.4, -0.2) is 22.6 Å². The highest BCUT2D eigenvalue weighted by atomic mass is 32.1. The van der Waals surface area contributed by atoms with Crippen LogP contribution in [0.5, 0.6) is 0 Å². The summed E-state index contributed by atoms with van der Waals surface area (Å²) in [5, 5.41) is 14.4. The lowest BCUT2D eigenvalue weighted by Crippen LogP contribution is -2.28. The Morgan fingerprint density at radius 2 is 2.19 bits per heavy atom. The SMILES string of the molecule is CCC(NC(=O)c1ccc(C#CCO)cc1)c1nccs1. The van der Waals surface area contributed by atoms with Crippen LogP contribution in [0.2, 0.25) is 0 Å². The molecular formula is C16H16N2O2S. The molecule has 0 saturated heterocycles. The molecule has 1 heterocycles. The zero-order valence-corrected chi connectivity index (χ0v) is 12.5. The number of nitrogens with zero attached hydrogens (tertiary/aromatic N) is 1. The van der Waals surface area contributed by atoms with Gasteiger partial charge in [-0.2, -0.15) is 0 Å². The molecular weight excluding hydrogens is 284 g/mol. The van der Waals surface area contributed by atoms with Crippen LogP contribution in [0.25, 0.3) is 0 Å². The number of benzene rings is 1. The maximum Gasteiger partial charge on any atom is 0.251 e. The smallest absolute Gasteiger partial charge is 0.251 e. The Hall–Kier alpha value is -2.16. The van der Waals surface area contributed by atoms with Gasteiger partial charge < -0.3 is 10.4 Å². The third-order valence-electron chi connectivity index (χ3n) is 2.92. The Bertz CT molecular complexity index is 639. The first-order valence-corrected chi connectivity index (χ1v) is 7.52. The van der Waals surface area contributed by atoms with Crippen LogP contribution in [-0.2, 0) is 0 Å². The summed E-state index contributed by atoms with van der Waals surface area (Å²) in [6.07, 6.45) is 2.53. The number of aliphatic hydroxyl groups excluding tert-OH is 1. The second-order valence-electron chi connectivity index (χ2n) is 4.34. The Labute approximate surface area is 127 Å². The highest BCUT2D eigenvalue weighted by Gasteiger charge is 2.15. The predicted octanol–water partition coefficient (Wildman–Crippen LogP) is 2.37. The minimum absolute atomic E-state index is 0.0636. The van der Waals surface area contributed by atoms with E-state index in [0.717, 1.165) is 17.0 Å². The molecule has 1 aromatic heterocycles. The Kier molecular flexibility index (Phi) is 5.50. The number of rotatable bonds is 4. The van der Waals surface area contributed by atoms with Gasteiger partial charge in [-0.15, -0.1) is 11.3 Å². The summed E-state index contributed by atoms with van der Waals surface area (Å²) in [5.74, 6) is 5.24. The average Bonchev–Trinajstić information content (AvgIpc) is 3.05. The standard InChI is InChI=1S/C16H16N2O2S/c1-2-14(16-17-9-11-21-16)18-15(20)13-7-5-12(6-8-13)4-3-10-19/h5-9,11,14,19H,2,10H2,1H3,(H,18,20). The number of aromatic nitrogens is 1. The van der Waals surface area contributed by atoms with Crippen molar-refractivity contribution in [2.45, 2.75) is 19.4 Å². The van der Waals surface area contributed by atoms with Crippen LogP contribution in [0.1, 0.15) is 40.3 Å². The first-order chi connectivity index (χ1) is 10.2. The minimum Gasteiger partial charge on any atom is -0.384 e. The molecule has 0 aliphatic rings. The summed E-state index contributed by atoms with van der Waals surface area (Å²) in [4.78, 5) is 16.5. The number of hydrogen-bond donors (Lipinski definition) is 2. The molecule has 108 valence electrons. The van der Waals surface area contributed by atoms with Gasteiger partial charge in [0, 0.05) is 22.7 Å². The van der Waals surface area contributed by atoms with Crippen molar-refractivity contribution in [3.8, 4) is 11.8 Å². The van der Waals surface area contributed by atoms with E-state index in [1.54, 1.807) is 30.5 Å². The van der Waals surface area contributed by atoms with E-state index in [1.807, 2.05) is 12.3 Å². The van der Waals surface area contributed by atoms with Crippen molar-refractivity contribution in [2.24, 2.45) is 0 Å². The third-order valence-corrected chi connectivity index (χ3v) is 3.81. The zero-order chi connectivity index (χ0) is 15.1. The molecule has 0 aliphatic carbocycles.